The number of non-ortho nitro benzene ring substituents is 1. The van der Waals surface area contributed by atoms with E-state index in [-0.39, 0.29) is 29.6 Å². The number of hydrogen-bond acceptors (Lipinski definition) is 7. The van der Waals surface area contributed by atoms with Gasteiger partial charge in [-0.25, -0.2) is 9.78 Å². The first-order valence-electron chi connectivity index (χ1n) is 5.66. The second-order valence-corrected chi connectivity index (χ2v) is 3.76. The summed E-state index contributed by atoms with van der Waals surface area (Å²) in [6.45, 7) is 1.89. The highest BCUT2D eigenvalue weighted by Crippen LogP contribution is 2.26. The van der Waals surface area contributed by atoms with Crippen molar-refractivity contribution in [3.05, 3.63) is 34.1 Å². The lowest BCUT2D eigenvalue weighted by molar-refractivity contribution is -0.384. The van der Waals surface area contributed by atoms with Crippen LogP contribution in [0.25, 0.3) is 11.4 Å². The van der Waals surface area contributed by atoms with Gasteiger partial charge in [-0.05, 0) is 13.0 Å². The molecule has 1 aromatic carbocycles. The molecular weight excluding hydrogens is 266 g/mol. The second-order valence-electron chi connectivity index (χ2n) is 3.76. The van der Waals surface area contributed by atoms with E-state index in [2.05, 4.69) is 15.2 Å². The highest BCUT2D eigenvalue weighted by atomic mass is 16.6. The Morgan fingerprint density at radius 1 is 1.55 bits per heavy atom. The molecular formula is C11H11N5O4. The number of nitro benzene ring substituents is 1. The molecule has 0 saturated heterocycles. The van der Waals surface area contributed by atoms with Crippen molar-refractivity contribution < 1.29 is 14.5 Å². The van der Waals surface area contributed by atoms with Gasteiger partial charge in [0.2, 0.25) is 5.82 Å². The Kier molecular flexibility index (Phi) is 3.60. The standard InChI is InChI=1S/C11H11N5O4/c1-2-20-11(17)10-13-9(14-15-10)7-4-3-6(16(18)19)5-8(7)12/h3-5H,2,12H2,1H3,(H,13,14,15). The molecule has 0 saturated carbocycles. The van der Waals surface area contributed by atoms with Gasteiger partial charge in [-0.3, -0.25) is 15.2 Å². The van der Waals surface area contributed by atoms with E-state index >= 15 is 0 Å². The number of nitrogen functional groups attached to an aromatic ring is 1. The number of nitro groups is 1. The molecule has 0 atom stereocenters. The first kappa shape index (κ1) is 13.5. The van der Waals surface area contributed by atoms with E-state index in [4.69, 9.17) is 10.5 Å². The summed E-state index contributed by atoms with van der Waals surface area (Å²) in [6, 6.07) is 3.91. The van der Waals surface area contributed by atoms with Crippen LogP contribution in [0.1, 0.15) is 17.5 Å². The van der Waals surface area contributed by atoms with Crippen LogP contribution in [-0.4, -0.2) is 32.7 Å². The first-order chi connectivity index (χ1) is 9.52. The zero-order valence-electron chi connectivity index (χ0n) is 10.5. The quantitative estimate of drug-likeness (QED) is 0.370. The Morgan fingerprint density at radius 2 is 2.30 bits per heavy atom. The third kappa shape index (κ3) is 2.55. The third-order valence-electron chi connectivity index (χ3n) is 2.44. The molecule has 104 valence electrons. The molecule has 0 unspecified atom stereocenters. The molecule has 0 aliphatic carbocycles. The van der Waals surface area contributed by atoms with Gasteiger partial charge in [0.1, 0.15) is 0 Å². The van der Waals surface area contributed by atoms with Crippen LogP contribution in [-0.2, 0) is 4.74 Å². The molecule has 0 aliphatic rings. The van der Waals surface area contributed by atoms with Crippen LogP contribution in [0.3, 0.4) is 0 Å². The van der Waals surface area contributed by atoms with Gasteiger partial charge >= 0.3 is 5.97 Å². The molecule has 0 fully saturated rings. The van der Waals surface area contributed by atoms with Crippen LogP contribution in [0.15, 0.2) is 18.2 Å². The number of esters is 1. The van der Waals surface area contributed by atoms with Crippen LogP contribution >= 0.6 is 0 Å². The number of ether oxygens (including phenoxy) is 1. The summed E-state index contributed by atoms with van der Waals surface area (Å²) in [5.74, 6) is -0.521. The van der Waals surface area contributed by atoms with Crippen molar-refractivity contribution in [1.29, 1.82) is 0 Å². The summed E-state index contributed by atoms with van der Waals surface area (Å²) in [5.41, 5.74) is 6.13. The molecule has 9 heteroatoms. The lowest BCUT2D eigenvalue weighted by Crippen LogP contribution is -2.06. The molecule has 1 aromatic heterocycles. The van der Waals surface area contributed by atoms with Crippen molar-refractivity contribution >= 4 is 17.3 Å². The molecule has 20 heavy (non-hydrogen) atoms. The van der Waals surface area contributed by atoms with Crippen LogP contribution in [0.2, 0.25) is 0 Å². The predicted molar refractivity (Wildman–Crippen MR) is 68.8 cm³/mol. The fourth-order valence-electron chi connectivity index (χ4n) is 1.54. The highest BCUT2D eigenvalue weighted by molar-refractivity contribution is 5.86. The first-order valence-corrected chi connectivity index (χ1v) is 5.66. The molecule has 2 rings (SSSR count). The minimum atomic E-state index is -0.633. The molecule has 0 radical (unpaired) electrons. The Hall–Kier alpha value is -2.97. The molecule has 1 heterocycles. The number of carbonyl (C=O) groups is 1. The molecule has 0 aliphatic heterocycles. The van der Waals surface area contributed by atoms with Gasteiger partial charge in [0.25, 0.3) is 5.69 Å². The van der Waals surface area contributed by atoms with E-state index < -0.39 is 10.9 Å². The lowest BCUT2D eigenvalue weighted by atomic mass is 10.1. The monoisotopic (exact) mass is 277 g/mol. The Labute approximate surface area is 112 Å². The lowest BCUT2D eigenvalue weighted by Gasteiger charge is -2.00. The fourth-order valence-corrected chi connectivity index (χ4v) is 1.54. The van der Waals surface area contributed by atoms with E-state index in [0.717, 1.165) is 0 Å². The van der Waals surface area contributed by atoms with E-state index in [1.165, 1.54) is 18.2 Å². The maximum absolute atomic E-state index is 11.4. The predicted octanol–water partition coefficient (Wildman–Crippen LogP) is 1.14. The van der Waals surface area contributed by atoms with E-state index in [1.54, 1.807) is 6.92 Å². The number of anilines is 1. The maximum atomic E-state index is 11.4. The molecule has 0 amide bonds. The Balaban J connectivity index is 2.33. The zero-order chi connectivity index (χ0) is 14.7. The summed E-state index contributed by atoms with van der Waals surface area (Å²) < 4.78 is 4.76. The average molecular weight is 277 g/mol. The van der Waals surface area contributed by atoms with Crippen LogP contribution < -0.4 is 5.73 Å². The number of aromatic amines is 1. The van der Waals surface area contributed by atoms with Crippen LogP contribution in [0, 0.1) is 10.1 Å². The van der Waals surface area contributed by atoms with Gasteiger partial charge in [-0.1, -0.05) is 0 Å². The van der Waals surface area contributed by atoms with Gasteiger partial charge in [0.15, 0.2) is 5.82 Å². The molecule has 2 aromatic rings. The van der Waals surface area contributed by atoms with Crippen LogP contribution in [0.4, 0.5) is 11.4 Å². The van der Waals surface area contributed by atoms with Crippen molar-refractivity contribution in [3.63, 3.8) is 0 Å². The number of nitrogens with zero attached hydrogens (tertiary/aromatic N) is 3. The van der Waals surface area contributed by atoms with E-state index in [1.807, 2.05) is 0 Å². The number of nitrogens with two attached hydrogens (primary N) is 1. The van der Waals surface area contributed by atoms with Crippen LogP contribution in [0.5, 0.6) is 0 Å². The summed E-state index contributed by atoms with van der Waals surface area (Å²) in [7, 11) is 0. The number of carbonyl (C=O) groups excluding carboxylic acids is 1. The SMILES string of the molecule is CCOC(=O)c1nc(-c2ccc([N+](=O)[O-])cc2N)n[nH]1. The van der Waals surface area contributed by atoms with Gasteiger partial charge in [0, 0.05) is 23.4 Å². The minimum absolute atomic E-state index is 0.0559. The maximum Gasteiger partial charge on any atom is 0.375 e. The number of H-pyrrole nitrogens is 1. The topological polar surface area (TPSA) is 137 Å². The van der Waals surface area contributed by atoms with Crippen molar-refractivity contribution in [1.82, 2.24) is 15.2 Å². The van der Waals surface area contributed by atoms with Crippen molar-refractivity contribution in [2.75, 3.05) is 12.3 Å². The molecule has 0 bridgehead atoms. The molecule has 0 spiro atoms. The molecule has 9 nitrogen and oxygen atoms in total. The number of aromatic nitrogens is 3. The average Bonchev–Trinajstić information content (AvgIpc) is 2.88. The minimum Gasteiger partial charge on any atom is -0.460 e. The van der Waals surface area contributed by atoms with Crippen molar-refractivity contribution in [3.8, 4) is 11.4 Å². The second kappa shape index (κ2) is 5.34. The van der Waals surface area contributed by atoms with Gasteiger partial charge in [0.05, 0.1) is 11.5 Å². The number of nitrogens with one attached hydrogen (secondary N) is 1. The molecule has 3 N–H and O–H groups in total. The number of hydrogen-bond donors (Lipinski definition) is 2. The number of benzene rings is 1. The summed E-state index contributed by atoms with van der Waals surface area (Å²) >= 11 is 0. The van der Waals surface area contributed by atoms with E-state index in [9.17, 15) is 14.9 Å². The highest BCUT2D eigenvalue weighted by Gasteiger charge is 2.17. The van der Waals surface area contributed by atoms with Gasteiger partial charge < -0.3 is 10.5 Å². The van der Waals surface area contributed by atoms with E-state index in [0.29, 0.717) is 5.56 Å². The largest absolute Gasteiger partial charge is 0.460 e. The number of rotatable bonds is 4. The summed E-state index contributed by atoms with van der Waals surface area (Å²) in [4.78, 5) is 25.4. The van der Waals surface area contributed by atoms with Crippen molar-refractivity contribution in [2.45, 2.75) is 6.92 Å². The third-order valence-corrected chi connectivity index (χ3v) is 2.44. The zero-order valence-corrected chi connectivity index (χ0v) is 10.5. The normalized spacial score (nSPS) is 10.2. The summed E-state index contributed by atoms with van der Waals surface area (Å²) in [5, 5.41) is 16.9. The Bertz CT molecular complexity index is 667. The van der Waals surface area contributed by atoms with Crippen molar-refractivity contribution in [2.24, 2.45) is 0 Å². The fraction of sp³-hybridized carbons (Fsp3) is 0.182. The van der Waals surface area contributed by atoms with Gasteiger partial charge in [-0.15, -0.1) is 0 Å². The summed E-state index contributed by atoms with van der Waals surface area (Å²) in [6.07, 6.45) is 0. The smallest absolute Gasteiger partial charge is 0.375 e. The van der Waals surface area contributed by atoms with Gasteiger partial charge in [-0.2, -0.15) is 5.10 Å². The Morgan fingerprint density at radius 3 is 2.90 bits per heavy atom.